The van der Waals surface area contributed by atoms with Gasteiger partial charge in [0.25, 0.3) is 0 Å². The molecule has 122 valence electrons. The molecule has 0 spiro atoms. The van der Waals surface area contributed by atoms with Crippen molar-refractivity contribution in [1.29, 1.82) is 0 Å². The van der Waals surface area contributed by atoms with Crippen molar-refractivity contribution in [2.45, 2.75) is 24.5 Å². The molecule has 0 fully saturated rings. The molecule has 0 radical (unpaired) electrons. The number of benzene rings is 2. The molecule has 0 bridgehead atoms. The van der Waals surface area contributed by atoms with Gasteiger partial charge in [-0.25, -0.2) is 0 Å². The third kappa shape index (κ3) is 5.21. The van der Waals surface area contributed by atoms with Crippen LogP contribution in [-0.2, 0) is 17.1 Å². The van der Waals surface area contributed by atoms with Crippen LogP contribution in [0.3, 0.4) is 0 Å². The molecular weight excluding hydrogens is 310 g/mol. The van der Waals surface area contributed by atoms with Crippen molar-refractivity contribution in [3.63, 3.8) is 0 Å². The SMILES string of the molecule is COc1cc(CNC(=O)[C@H](C)SCc2ccccc2)ccc1O. The van der Waals surface area contributed by atoms with Crippen LogP contribution in [0.15, 0.2) is 48.5 Å². The van der Waals surface area contributed by atoms with Crippen molar-refractivity contribution < 1.29 is 14.6 Å². The second-order valence-corrected chi connectivity index (χ2v) is 6.49. The minimum absolute atomic E-state index is 0.00188. The topological polar surface area (TPSA) is 58.6 Å². The second kappa shape index (κ2) is 8.48. The van der Waals surface area contributed by atoms with E-state index in [-0.39, 0.29) is 16.9 Å². The zero-order valence-electron chi connectivity index (χ0n) is 13.3. The zero-order chi connectivity index (χ0) is 16.7. The van der Waals surface area contributed by atoms with Crippen LogP contribution in [0.25, 0.3) is 0 Å². The summed E-state index contributed by atoms with van der Waals surface area (Å²) >= 11 is 1.61. The van der Waals surface area contributed by atoms with Crippen LogP contribution in [0.4, 0.5) is 0 Å². The first kappa shape index (κ1) is 17.2. The molecule has 4 nitrogen and oxygen atoms in total. The number of ether oxygens (including phenoxy) is 1. The molecule has 0 saturated carbocycles. The average Bonchev–Trinajstić information content (AvgIpc) is 2.59. The van der Waals surface area contributed by atoms with E-state index in [9.17, 15) is 9.90 Å². The summed E-state index contributed by atoms with van der Waals surface area (Å²) < 4.78 is 5.06. The fourth-order valence-corrected chi connectivity index (χ4v) is 2.91. The maximum atomic E-state index is 12.1. The van der Waals surface area contributed by atoms with Crippen LogP contribution in [0.1, 0.15) is 18.1 Å². The molecule has 0 aromatic heterocycles. The highest BCUT2D eigenvalue weighted by Gasteiger charge is 2.13. The van der Waals surface area contributed by atoms with E-state index in [0.29, 0.717) is 12.3 Å². The van der Waals surface area contributed by atoms with Crippen LogP contribution in [0, 0.1) is 0 Å². The Balaban J connectivity index is 1.82. The van der Waals surface area contributed by atoms with E-state index >= 15 is 0 Å². The Hall–Kier alpha value is -2.14. The third-order valence-electron chi connectivity index (χ3n) is 3.42. The Bertz CT molecular complexity index is 646. The highest BCUT2D eigenvalue weighted by atomic mass is 32.2. The van der Waals surface area contributed by atoms with Crippen LogP contribution < -0.4 is 10.1 Å². The molecule has 5 heteroatoms. The monoisotopic (exact) mass is 331 g/mol. The lowest BCUT2D eigenvalue weighted by atomic mass is 10.2. The number of carbonyl (C=O) groups is 1. The molecule has 2 aromatic rings. The van der Waals surface area contributed by atoms with Gasteiger partial charge in [-0.1, -0.05) is 36.4 Å². The first-order valence-electron chi connectivity index (χ1n) is 7.39. The van der Waals surface area contributed by atoms with Gasteiger partial charge in [0, 0.05) is 12.3 Å². The molecule has 0 unspecified atom stereocenters. The summed E-state index contributed by atoms with van der Waals surface area (Å²) in [6.45, 7) is 2.31. The van der Waals surface area contributed by atoms with Gasteiger partial charge < -0.3 is 15.2 Å². The molecule has 2 N–H and O–H groups in total. The number of hydrogen-bond donors (Lipinski definition) is 2. The van der Waals surface area contributed by atoms with Gasteiger partial charge in [0.1, 0.15) is 0 Å². The smallest absolute Gasteiger partial charge is 0.233 e. The fraction of sp³-hybridized carbons (Fsp3) is 0.278. The second-order valence-electron chi connectivity index (χ2n) is 5.16. The van der Waals surface area contributed by atoms with Crippen molar-refractivity contribution in [3.05, 3.63) is 59.7 Å². The van der Waals surface area contributed by atoms with E-state index < -0.39 is 0 Å². The van der Waals surface area contributed by atoms with Crippen LogP contribution >= 0.6 is 11.8 Å². The lowest BCUT2D eigenvalue weighted by molar-refractivity contribution is -0.120. The quantitative estimate of drug-likeness (QED) is 0.817. The molecule has 0 aliphatic carbocycles. The maximum Gasteiger partial charge on any atom is 0.233 e. The van der Waals surface area contributed by atoms with Crippen molar-refractivity contribution in [2.24, 2.45) is 0 Å². The van der Waals surface area contributed by atoms with Gasteiger partial charge in [-0.2, -0.15) is 0 Å². The number of rotatable bonds is 7. The minimum atomic E-state index is -0.130. The minimum Gasteiger partial charge on any atom is -0.504 e. The number of thioether (sulfide) groups is 1. The third-order valence-corrected chi connectivity index (χ3v) is 4.64. The number of phenols is 1. The Labute approximate surface area is 140 Å². The molecule has 0 heterocycles. The average molecular weight is 331 g/mol. The van der Waals surface area contributed by atoms with Crippen LogP contribution in [0.2, 0.25) is 0 Å². The summed E-state index contributed by atoms with van der Waals surface area (Å²) in [4.78, 5) is 12.1. The van der Waals surface area contributed by atoms with E-state index in [1.54, 1.807) is 30.0 Å². The van der Waals surface area contributed by atoms with Gasteiger partial charge in [-0.3, -0.25) is 4.79 Å². The number of hydrogen-bond acceptors (Lipinski definition) is 4. The van der Waals surface area contributed by atoms with Gasteiger partial charge in [0.2, 0.25) is 5.91 Å². The van der Waals surface area contributed by atoms with Crippen molar-refractivity contribution in [1.82, 2.24) is 5.32 Å². The highest BCUT2D eigenvalue weighted by Crippen LogP contribution is 2.26. The summed E-state index contributed by atoms with van der Waals surface area (Å²) in [5, 5.41) is 12.3. The van der Waals surface area contributed by atoms with Crippen molar-refractivity contribution >= 4 is 17.7 Å². The largest absolute Gasteiger partial charge is 0.504 e. The molecule has 1 atom stereocenters. The number of phenolic OH excluding ortho intramolecular Hbond substituents is 1. The Morgan fingerprint density at radius 2 is 1.96 bits per heavy atom. The van der Waals surface area contributed by atoms with Crippen LogP contribution in [0.5, 0.6) is 11.5 Å². The van der Waals surface area contributed by atoms with Gasteiger partial charge in [0.15, 0.2) is 11.5 Å². The Kier molecular flexibility index (Phi) is 6.35. The summed E-state index contributed by atoms with van der Waals surface area (Å²) in [6, 6.07) is 15.1. The fourth-order valence-electron chi connectivity index (χ4n) is 2.04. The van der Waals surface area contributed by atoms with Crippen molar-refractivity contribution in [3.8, 4) is 11.5 Å². The van der Waals surface area contributed by atoms with E-state index in [2.05, 4.69) is 17.4 Å². The molecule has 2 rings (SSSR count). The molecule has 2 aromatic carbocycles. The summed E-state index contributed by atoms with van der Waals surface area (Å²) in [7, 11) is 1.50. The number of aromatic hydroxyl groups is 1. The van der Waals surface area contributed by atoms with Gasteiger partial charge in [-0.15, -0.1) is 11.8 Å². The normalized spacial score (nSPS) is 11.7. The van der Waals surface area contributed by atoms with Crippen LogP contribution in [-0.4, -0.2) is 23.4 Å². The summed E-state index contributed by atoms with van der Waals surface area (Å²) in [5.41, 5.74) is 2.09. The predicted molar refractivity (Wildman–Crippen MR) is 93.7 cm³/mol. The maximum absolute atomic E-state index is 12.1. The lowest BCUT2D eigenvalue weighted by Crippen LogP contribution is -2.30. The highest BCUT2D eigenvalue weighted by molar-refractivity contribution is 7.99. The summed E-state index contributed by atoms with van der Waals surface area (Å²) in [6.07, 6.45) is 0. The van der Waals surface area contributed by atoms with E-state index in [1.807, 2.05) is 25.1 Å². The molecule has 0 aliphatic rings. The predicted octanol–water partition coefficient (Wildman–Crippen LogP) is 3.34. The first-order valence-corrected chi connectivity index (χ1v) is 8.44. The van der Waals surface area contributed by atoms with Gasteiger partial charge >= 0.3 is 0 Å². The number of amides is 1. The standard InChI is InChI=1S/C18H21NO3S/c1-13(23-12-14-6-4-3-5-7-14)18(21)19-11-15-8-9-16(20)17(10-15)22-2/h3-10,13,20H,11-12H2,1-2H3,(H,19,21)/t13-/m0/s1. The molecule has 1 amide bonds. The van der Waals surface area contributed by atoms with E-state index in [1.165, 1.54) is 12.7 Å². The number of nitrogens with one attached hydrogen (secondary N) is 1. The lowest BCUT2D eigenvalue weighted by Gasteiger charge is -2.13. The van der Waals surface area contributed by atoms with Gasteiger partial charge in [-0.05, 0) is 30.2 Å². The summed E-state index contributed by atoms with van der Waals surface area (Å²) in [5.74, 6) is 1.30. The Morgan fingerprint density at radius 3 is 2.65 bits per heavy atom. The van der Waals surface area contributed by atoms with Gasteiger partial charge in [0.05, 0.1) is 12.4 Å². The van der Waals surface area contributed by atoms with Crippen molar-refractivity contribution in [2.75, 3.05) is 7.11 Å². The molecule has 23 heavy (non-hydrogen) atoms. The van der Waals surface area contributed by atoms with E-state index in [0.717, 1.165) is 11.3 Å². The number of carbonyl (C=O) groups excluding carboxylic acids is 1. The molecule has 0 aliphatic heterocycles. The number of methoxy groups -OCH3 is 1. The molecular formula is C18H21NO3S. The molecule has 0 saturated heterocycles. The zero-order valence-corrected chi connectivity index (χ0v) is 14.1. The Morgan fingerprint density at radius 1 is 1.22 bits per heavy atom. The van der Waals surface area contributed by atoms with E-state index in [4.69, 9.17) is 4.74 Å². The first-order chi connectivity index (χ1) is 11.1.